The number of hydrogen-bond donors (Lipinski definition) is 1. The molecule has 1 aromatic rings. The van der Waals surface area contributed by atoms with Gasteiger partial charge in [0.25, 0.3) is 0 Å². The molecule has 2 nitrogen and oxygen atoms in total. The minimum Gasteiger partial charge on any atom is -0.381 e. The summed E-state index contributed by atoms with van der Waals surface area (Å²) in [4.78, 5) is 4.14. The molecule has 4 heteroatoms. The number of halogens is 2. The van der Waals surface area contributed by atoms with Crippen molar-refractivity contribution in [3.05, 3.63) is 21.9 Å². The summed E-state index contributed by atoms with van der Waals surface area (Å²) in [6.07, 6.45) is 5.70. The van der Waals surface area contributed by atoms with Gasteiger partial charge in [-0.1, -0.05) is 31.9 Å². The lowest BCUT2D eigenvalue weighted by Crippen LogP contribution is -2.33. The molecule has 94 valence electrons. The molecule has 0 aliphatic heterocycles. The van der Waals surface area contributed by atoms with Crippen molar-refractivity contribution in [2.24, 2.45) is 11.8 Å². The van der Waals surface area contributed by atoms with E-state index in [1.807, 2.05) is 6.07 Å². The molecule has 1 aliphatic carbocycles. The molecule has 0 bridgehead atoms. The number of aromatic nitrogens is 1. The van der Waals surface area contributed by atoms with Gasteiger partial charge in [0.15, 0.2) is 0 Å². The molecule has 0 spiro atoms. The highest BCUT2D eigenvalue weighted by molar-refractivity contribution is 9.10. The molecule has 0 aromatic carbocycles. The van der Waals surface area contributed by atoms with Gasteiger partial charge in [0.2, 0.25) is 0 Å². The topological polar surface area (TPSA) is 24.9 Å². The van der Waals surface area contributed by atoms with Crippen LogP contribution in [0.2, 0.25) is 5.15 Å². The fraction of sp³-hybridized carbons (Fsp3) is 0.615. The van der Waals surface area contributed by atoms with Crippen LogP contribution in [0.3, 0.4) is 0 Å². The standard InChI is InChI=1S/C13H18BrClN2/c1-8-3-4-9(2)12(5-8)17-10-6-11(14)13(15)16-7-10/h6-9,12,17H,3-5H2,1-2H3. The van der Waals surface area contributed by atoms with Gasteiger partial charge in [-0.15, -0.1) is 0 Å². The third-order valence-corrected chi connectivity index (χ3v) is 4.74. The molecular formula is C13H18BrClN2. The molecule has 1 aromatic heterocycles. The molecule has 2 rings (SSSR count). The lowest BCUT2D eigenvalue weighted by atomic mass is 9.80. The van der Waals surface area contributed by atoms with E-state index in [1.54, 1.807) is 6.20 Å². The maximum absolute atomic E-state index is 5.89. The fourth-order valence-electron chi connectivity index (χ4n) is 2.45. The predicted molar refractivity (Wildman–Crippen MR) is 76.5 cm³/mol. The summed E-state index contributed by atoms with van der Waals surface area (Å²) in [5, 5.41) is 4.09. The Hall–Kier alpha value is -0.280. The van der Waals surface area contributed by atoms with E-state index in [9.17, 15) is 0 Å². The largest absolute Gasteiger partial charge is 0.381 e. The van der Waals surface area contributed by atoms with E-state index in [0.29, 0.717) is 11.2 Å². The summed E-state index contributed by atoms with van der Waals surface area (Å²) in [5.41, 5.74) is 1.05. The number of nitrogens with one attached hydrogen (secondary N) is 1. The zero-order valence-electron chi connectivity index (χ0n) is 10.2. The second-order valence-electron chi connectivity index (χ2n) is 5.14. The van der Waals surface area contributed by atoms with Crippen molar-refractivity contribution in [1.82, 2.24) is 4.98 Å². The van der Waals surface area contributed by atoms with Crippen molar-refractivity contribution in [3.8, 4) is 0 Å². The number of rotatable bonds is 2. The number of nitrogens with zero attached hydrogens (tertiary/aromatic N) is 1. The van der Waals surface area contributed by atoms with Gasteiger partial charge in [-0.2, -0.15) is 0 Å². The first-order valence-electron chi connectivity index (χ1n) is 6.14. The first-order valence-corrected chi connectivity index (χ1v) is 7.31. The van der Waals surface area contributed by atoms with Crippen molar-refractivity contribution >= 4 is 33.2 Å². The molecule has 0 amide bonds. The Labute approximate surface area is 116 Å². The van der Waals surface area contributed by atoms with Crippen LogP contribution in [-0.2, 0) is 0 Å². The summed E-state index contributed by atoms with van der Waals surface area (Å²) in [7, 11) is 0. The molecule has 1 aliphatic rings. The van der Waals surface area contributed by atoms with Crippen molar-refractivity contribution < 1.29 is 0 Å². The van der Waals surface area contributed by atoms with Gasteiger partial charge in [-0.05, 0) is 46.7 Å². The molecule has 3 unspecified atom stereocenters. The van der Waals surface area contributed by atoms with Gasteiger partial charge in [0, 0.05) is 6.04 Å². The van der Waals surface area contributed by atoms with Crippen molar-refractivity contribution in [1.29, 1.82) is 0 Å². The zero-order chi connectivity index (χ0) is 12.4. The Morgan fingerprint density at radius 1 is 1.41 bits per heavy atom. The van der Waals surface area contributed by atoms with E-state index in [-0.39, 0.29) is 0 Å². The molecule has 1 heterocycles. The van der Waals surface area contributed by atoms with Crippen molar-refractivity contribution in [2.45, 2.75) is 39.2 Å². The van der Waals surface area contributed by atoms with E-state index in [0.717, 1.165) is 22.0 Å². The van der Waals surface area contributed by atoms with Gasteiger partial charge in [-0.25, -0.2) is 4.98 Å². The van der Waals surface area contributed by atoms with E-state index in [4.69, 9.17) is 11.6 Å². The summed E-state index contributed by atoms with van der Waals surface area (Å²) in [5.74, 6) is 1.54. The average Bonchev–Trinajstić information content (AvgIpc) is 2.29. The Kier molecular flexibility index (Phi) is 4.31. The Balaban J connectivity index is 2.06. The van der Waals surface area contributed by atoms with E-state index >= 15 is 0 Å². The van der Waals surface area contributed by atoms with Crippen LogP contribution in [0.15, 0.2) is 16.7 Å². The van der Waals surface area contributed by atoms with Crippen LogP contribution in [0.4, 0.5) is 5.69 Å². The third kappa shape index (κ3) is 3.35. The van der Waals surface area contributed by atoms with E-state index in [2.05, 4.69) is 40.1 Å². The van der Waals surface area contributed by atoms with E-state index in [1.165, 1.54) is 19.3 Å². The lowest BCUT2D eigenvalue weighted by Gasteiger charge is -2.34. The first kappa shape index (κ1) is 13.2. The van der Waals surface area contributed by atoms with Crippen LogP contribution in [0, 0.1) is 11.8 Å². The maximum Gasteiger partial charge on any atom is 0.143 e. The maximum atomic E-state index is 5.89. The normalized spacial score (nSPS) is 29.1. The van der Waals surface area contributed by atoms with Crippen LogP contribution in [0.1, 0.15) is 33.1 Å². The fourth-order valence-corrected chi connectivity index (χ4v) is 2.90. The second-order valence-corrected chi connectivity index (χ2v) is 6.36. The van der Waals surface area contributed by atoms with Gasteiger partial charge in [0.1, 0.15) is 5.15 Å². The third-order valence-electron chi connectivity index (χ3n) is 3.61. The number of pyridine rings is 1. The summed E-state index contributed by atoms with van der Waals surface area (Å²) >= 11 is 9.29. The van der Waals surface area contributed by atoms with E-state index < -0.39 is 0 Å². The van der Waals surface area contributed by atoms with Gasteiger partial charge >= 0.3 is 0 Å². The predicted octanol–water partition coefficient (Wildman–Crippen LogP) is 4.73. The molecule has 0 radical (unpaired) electrons. The minimum absolute atomic E-state index is 0.514. The highest BCUT2D eigenvalue weighted by Crippen LogP contribution is 2.31. The molecule has 3 atom stereocenters. The second kappa shape index (κ2) is 5.57. The number of hydrogen-bond acceptors (Lipinski definition) is 2. The summed E-state index contributed by atoms with van der Waals surface area (Å²) in [6, 6.07) is 2.55. The number of anilines is 1. The first-order chi connectivity index (χ1) is 8.06. The molecule has 1 fully saturated rings. The van der Waals surface area contributed by atoms with Crippen LogP contribution < -0.4 is 5.32 Å². The van der Waals surface area contributed by atoms with Crippen LogP contribution in [0.5, 0.6) is 0 Å². The van der Waals surface area contributed by atoms with Crippen LogP contribution in [0.25, 0.3) is 0 Å². The highest BCUT2D eigenvalue weighted by atomic mass is 79.9. The Bertz CT molecular complexity index is 397. The Morgan fingerprint density at radius 2 is 2.18 bits per heavy atom. The monoisotopic (exact) mass is 316 g/mol. The Morgan fingerprint density at radius 3 is 2.88 bits per heavy atom. The van der Waals surface area contributed by atoms with Gasteiger partial charge in [-0.3, -0.25) is 0 Å². The SMILES string of the molecule is CC1CCC(C)C(Nc2cnc(Cl)c(Br)c2)C1. The van der Waals surface area contributed by atoms with Gasteiger partial charge < -0.3 is 5.32 Å². The quantitative estimate of drug-likeness (QED) is 0.797. The van der Waals surface area contributed by atoms with Crippen LogP contribution in [-0.4, -0.2) is 11.0 Å². The molecule has 1 N–H and O–H groups in total. The highest BCUT2D eigenvalue weighted by Gasteiger charge is 2.25. The minimum atomic E-state index is 0.514. The summed E-state index contributed by atoms with van der Waals surface area (Å²) < 4.78 is 0.848. The van der Waals surface area contributed by atoms with Crippen molar-refractivity contribution in [2.75, 3.05) is 5.32 Å². The molecule has 0 saturated heterocycles. The molecule has 1 saturated carbocycles. The zero-order valence-corrected chi connectivity index (χ0v) is 12.6. The smallest absolute Gasteiger partial charge is 0.143 e. The van der Waals surface area contributed by atoms with Crippen LogP contribution >= 0.6 is 27.5 Å². The average molecular weight is 318 g/mol. The molecule has 17 heavy (non-hydrogen) atoms. The van der Waals surface area contributed by atoms with Gasteiger partial charge in [0.05, 0.1) is 16.4 Å². The summed E-state index contributed by atoms with van der Waals surface area (Å²) in [6.45, 7) is 4.65. The lowest BCUT2D eigenvalue weighted by molar-refractivity contribution is 0.280. The van der Waals surface area contributed by atoms with Crippen molar-refractivity contribution in [3.63, 3.8) is 0 Å². The molecular weight excluding hydrogens is 300 g/mol.